The minimum Gasteiger partial charge on any atom is -0.489 e. The zero-order chi connectivity index (χ0) is 28.5. The summed E-state index contributed by atoms with van der Waals surface area (Å²) in [5, 5.41) is 1.12. The second kappa shape index (κ2) is 19.1. The molecule has 0 saturated heterocycles. The molecule has 0 fully saturated rings. The van der Waals surface area contributed by atoms with Crippen molar-refractivity contribution in [1.29, 1.82) is 0 Å². The molecule has 0 radical (unpaired) electrons. The maximum absolute atomic E-state index is 12.3. The summed E-state index contributed by atoms with van der Waals surface area (Å²) in [6.45, 7) is 11.9. The highest BCUT2D eigenvalue weighted by atomic mass is 35.5. The maximum Gasteiger partial charge on any atom is 0.329 e. The van der Waals surface area contributed by atoms with Crippen molar-refractivity contribution in [3.05, 3.63) is 57.6 Å². The van der Waals surface area contributed by atoms with Gasteiger partial charge in [-0.05, 0) is 57.6 Å². The Morgan fingerprint density at radius 2 is 1.79 bits per heavy atom. The number of imidazole rings is 1. The molecule has 1 amide bonds. The van der Waals surface area contributed by atoms with Crippen LogP contribution in [0, 0.1) is 11.8 Å². The SMILES string of the molecule is CC(C)=CCCC(C)CCCC(C)C=O.CCCN(CCOc1c(Cl)cc(Cl)cc1Cl)C(=O)n1ccnc1. The second-order valence-corrected chi connectivity index (χ2v) is 11.0. The lowest BCUT2D eigenvalue weighted by molar-refractivity contribution is -0.110. The van der Waals surface area contributed by atoms with Gasteiger partial charge in [-0.3, -0.25) is 4.57 Å². The van der Waals surface area contributed by atoms with Crippen LogP contribution in [0.5, 0.6) is 5.75 Å². The van der Waals surface area contributed by atoms with E-state index in [0.717, 1.165) is 25.0 Å². The Labute approximate surface area is 243 Å². The van der Waals surface area contributed by atoms with Gasteiger partial charge in [0.1, 0.15) is 19.2 Å². The number of hydrogen-bond acceptors (Lipinski definition) is 4. The average molecular weight is 587 g/mol. The number of hydrogen-bond donors (Lipinski definition) is 0. The van der Waals surface area contributed by atoms with E-state index in [1.807, 2.05) is 13.8 Å². The van der Waals surface area contributed by atoms with Crippen LogP contribution in [-0.4, -0.2) is 46.5 Å². The van der Waals surface area contributed by atoms with Crippen molar-refractivity contribution in [2.24, 2.45) is 11.8 Å². The van der Waals surface area contributed by atoms with Crippen molar-refractivity contribution in [3.63, 3.8) is 0 Å². The molecule has 1 heterocycles. The molecule has 1 aromatic carbocycles. The third-order valence-corrected chi connectivity index (χ3v) is 6.64. The fraction of sp³-hybridized carbons (Fsp3) is 0.552. The van der Waals surface area contributed by atoms with Gasteiger partial charge in [0.15, 0.2) is 5.75 Å². The number of nitrogens with zero attached hydrogens (tertiary/aromatic N) is 3. The maximum atomic E-state index is 12.3. The average Bonchev–Trinajstić information content (AvgIpc) is 3.39. The third-order valence-electron chi connectivity index (χ3n) is 5.86. The molecule has 0 spiro atoms. The van der Waals surface area contributed by atoms with Gasteiger partial charge in [-0.1, -0.05) is 80.1 Å². The van der Waals surface area contributed by atoms with Crippen LogP contribution in [0.25, 0.3) is 0 Å². The third kappa shape index (κ3) is 13.7. The van der Waals surface area contributed by atoms with E-state index >= 15 is 0 Å². The van der Waals surface area contributed by atoms with Gasteiger partial charge in [-0.15, -0.1) is 0 Å². The van der Waals surface area contributed by atoms with Crippen LogP contribution in [-0.2, 0) is 4.79 Å². The standard InChI is InChI=1S/C15H16Cl3N3O2.C14H26O/c1-2-4-20(15(22)21-5-3-19-10-21)6-7-23-14-12(17)8-11(16)9-13(14)18;1-12(2)7-5-8-13(3)9-6-10-14(4)11-15/h3,5,8-10H,2,4,6-7H2,1H3;7,11,13-14H,5-6,8-10H2,1-4H3. The molecule has 0 aliphatic rings. The van der Waals surface area contributed by atoms with E-state index in [4.69, 9.17) is 39.5 Å². The largest absolute Gasteiger partial charge is 0.489 e. The molecule has 0 N–H and O–H groups in total. The Morgan fingerprint density at radius 1 is 1.11 bits per heavy atom. The molecule has 9 heteroatoms. The van der Waals surface area contributed by atoms with Crippen molar-refractivity contribution in [3.8, 4) is 5.75 Å². The van der Waals surface area contributed by atoms with Crippen LogP contribution in [0.1, 0.15) is 73.1 Å². The van der Waals surface area contributed by atoms with Gasteiger partial charge >= 0.3 is 6.03 Å². The lowest BCUT2D eigenvalue weighted by Crippen LogP contribution is -2.37. The van der Waals surface area contributed by atoms with E-state index in [1.54, 1.807) is 29.4 Å². The fourth-order valence-electron chi connectivity index (χ4n) is 3.69. The fourth-order valence-corrected chi connectivity index (χ4v) is 4.62. The molecule has 2 atom stereocenters. The number of halogens is 3. The van der Waals surface area contributed by atoms with Crippen molar-refractivity contribution in [2.45, 2.75) is 73.1 Å². The highest BCUT2D eigenvalue weighted by Crippen LogP contribution is 2.35. The first-order valence-electron chi connectivity index (χ1n) is 13.2. The number of allylic oxidation sites excluding steroid dienone is 2. The normalized spacial score (nSPS) is 12.1. The van der Waals surface area contributed by atoms with Crippen molar-refractivity contribution < 1.29 is 14.3 Å². The predicted octanol–water partition coefficient (Wildman–Crippen LogP) is 8.98. The lowest BCUT2D eigenvalue weighted by Gasteiger charge is -2.22. The minimum atomic E-state index is -0.152. The Balaban J connectivity index is 0.000000420. The summed E-state index contributed by atoms with van der Waals surface area (Å²) in [6.07, 6.45) is 14.8. The number of benzene rings is 1. The minimum absolute atomic E-state index is 0.152. The Kier molecular flexibility index (Phi) is 17.1. The van der Waals surface area contributed by atoms with Gasteiger partial charge in [0.05, 0.1) is 16.6 Å². The Hall–Kier alpha value is -2.02. The van der Waals surface area contributed by atoms with E-state index < -0.39 is 0 Å². The molecule has 38 heavy (non-hydrogen) atoms. The molecule has 0 saturated carbocycles. The molecule has 2 unspecified atom stereocenters. The number of carbonyl (C=O) groups excluding carboxylic acids is 2. The molecule has 2 rings (SSSR count). The Bertz CT molecular complexity index is 969. The molecule has 6 nitrogen and oxygen atoms in total. The molecular formula is C29H42Cl3N3O3. The summed E-state index contributed by atoms with van der Waals surface area (Å²) in [5.74, 6) is 1.40. The summed E-state index contributed by atoms with van der Waals surface area (Å²) in [4.78, 5) is 28.3. The van der Waals surface area contributed by atoms with Crippen molar-refractivity contribution in [2.75, 3.05) is 19.7 Å². The van der Waals surface area contributed by atoms with Crippen LogP contribution in [0.3, 0.4) is 0 Å². The summed E-state index contributed by atoms with van der Waals surface area (Å²) in [6, 6.07) is 2.97. The summed E-state index contributed by atoms with van der Waals surface area (Å²) < 4.78 is 7.05. The van der Waals surface area contributed by atoms with Gasteiger partial charge < -0.3 is 14.4 Å². The Morgan fingerprint density at radius 3 is 2.34 bits per heavy atom. The zero-order valence-electron chi connectivity index (χ0n) is 23.3. The van der Waals surface area contributed by atoms with E-state index in [0.29, 0.717) is 33.9 Å². The van der Waals surface area contributed by atoms with Gasteiger partial charge in [0.25, 0.3) is 0 Å². The topological polar surface area (TPSA) is 64.4 Å². The number of carbonyl (C=O) groups is 2. The van der Waals surface area contributed by atoms with Crippen LogP contribution in [0.2, 0.25) is 15.1 Å². The van der Waals surface area contributed by atoms with Gasteiger partial charge in [0.2, 0.25) is 0 Å². The predicted molar refractivity (Wildman–Crippen MR) is 159 cm³/mol. The quantitative estimate of drug-likeness (QED) is 0.164. The number of aromatic nitrogens is 2. The number of ether oxygens (including phenoxy) is 1. The van der Waals surface area contributed by atoms with E-state index in [1.165, 1.54) is 42.2 Å². The van der Waals surface area contributed by atoms with Gasteiger partial charge in [-0.2, -0.15) is 0 Å². The highest BCUT2D eigenvalue weighted by molar-refractivity contribution is 6.40. The number of aldehydes is 1. The summed E-state index contributed by atoms with van der Waals surface area (Å²) in [7, 11) is 0. The first-order valence-corrected chi connectivity index (χ1v) is 14.4. The first kappa shape index (κ1) is 34.0. The molecule has 0 aliphatic carbocycles. The molecule has 0 aliphatic heterocycles. The zero-order valence-corrected chi connectivity index (χ0v) is 25.5. The lowest BCUT2D eigenvalue weighted by atomic mass is 9.95. The van der Waals surface area contributed by atoms with Crippen LogP contribution < -0.4 is 4.74 Å². The van der Waals surface area contributed by atoms with Crippen LogP contribution in [0.15, 0.2) is 42.5 Å². The van der Waals surface area contributed by atoms with Crippen LogP contribution in [0.4, 0.5) is 4.79 Å². The molecular weight excluding hydrogens is 545 g/mol. The van der Waals surface area contributed by atoms with E-state index in [9.17, 15) is 9.59 Å². The second-order valence-electron chi connectivity index (χ2n) is 9.79. The van der Waals surface area contributed by atoms with E-state index in [2.05, 4.69) is 31.8 Å². The summed E-state index contributed by atoms with van der Waals surface area (Å²) >= 11 is 18.0. The van der Waals surface area contributed by atoms with Gasteiger partial charge in [-0.25, -0.2) is 9.78 Å². The molecule has 0 bridgehead atoms. The number of rotatable bonds is 14. The smallest absolute Gasteiger partial charge is 0.329 e. The molecule has 1 aromatic heterocycles. The van der Waals surface area contributed by atoms with E-state index in [-0.39, 0.29) is 18.6 Å². The summed E-state index contributed by atoms with van der Waals surface area (Å²) in [5.41, 5.74) is 1.41. The van der Waals surface area contributed by atoms with Gasteiger partial charge in [0, 0.05) is 29.9 Å². The first-order chi connectivity index (χ1) is 18.1. The van der Waals surface area contributed by atoms with Crippen molar-refractivity contribution in [1.82, 2.24) is 14.5 Å². The monoisotopic (exact) mass is 585 g/mol. The van der Waals surface area contributed by atoms with Crippen LogP contribution >= 0.6 is 34.8 Å². The highest BCUT2D eigenvalue weighted by Gasteiger charge is 2.15. The van der Waals surface area contributed by atoms with Crippen molar-refractivity contribution >= 4 is 47.1 Å². The molecule has 2 aromatic rings. The number of amides is 1. The molecule has 212 valence electrons.